The van der Waals surface area contributed by atoms with Gasteiger partial charge in [0.2, 0.25) is 0 Å². The van der Waals surface area contributed by atoms with E-state index >= 15 is 0 Å². The SMILES string of the molecule is CC(CC1CCC1)NCC1CCCC1O. The summed E-state index contributed by atoms with van der Waals surface area (Å²) in [6, 6.07) is 0.642. The molecule has 2 fully saturated rings. The third-order valence-corrected chi connectivity index (χ3v) is 4.26. The van der Waals surface area contributed by atoms with Gasteiger partial charge in [-0.1, -0.05) is 25.7 Å². The second kappa shape index (κ2) is 5.31. The second-order valence-corrected chi connectivity index (χ2v) is 5.60. The van der Waals surface area contributed by atoms with Crippen molar-refractivity contribution in [2.45, 2.75) is 64.0 Å². The van der Waals surface area contributed by atoms with Crippen LogP contribution in [0.2, 0.25) is 0 Å². The molecule has 2 aliphatic carbocycles. The van der Waals surface area contributed by atoms with E-state index in [0.717, 1.165) is 18.9 Å². The number of hydrogen-bond acceptors (Lipinski definition) is 2. The Balaban J connectivity index is 1.59. The molecular weight excluding hydrogens is 186 g/mol. The molecule has 3 atom stereocenters. The lowest BCUT2D eigenvalue weighted by atomic mass is 9.81. The summed E-state index contributed by atoms with van der Waals surface area (Å²) in [5.74, 6) is 1.51. The number of rotatable bonds is 5. The first-order valence-electron chi connectivity index (χ1n) is 6.67. The molecule has 2 heteroatoms. The molecule has 0 bridgehead atoms. The summed E-state index contributed by atoms with van der Waals surface area (Å²) in [5, 5.41) is 13.3. The van der Waals surface area contributed by atoms with Gasteiger partial charge in [0.1, 0.15) is 0 Å². The van der Waals surface area contributed by atoms with E-state index in [0.29, 0.717) is 12.0 Å². The third-order valence-electron chi connectivity index (χ3n) is 4.26. The minimum atomic E-state index is -0.0339. The molecule has 2 saturated carbocycles. The Kier molecular flexibility index (Phi) is 4.04. The summed E-state index contributed by atoms with van der Waals surface area (Å²) in [4.78, 5) is 0. The van der Waals surface area contributed by atoms with Crippen molar-refractivity contribution in [2.75, 3.05) is 6.54 Å². The Bertz CT molecular complexity index is 191. The van der Waals surface area contributed by atoms with Crippen molar-refractivity contribution in [3.63, 3.8) is 0 Å². The zero-order valence-corrected chi connectivity index (χ0v) is 9.91. The third kappa shape index (κ3) is 3.18. The molecule has 0 heterocycles. The van der Waals surface area contributed by atoms with E-state index in [2.05, 4.69) is 12.2 Å². The largest absolute Gasteiger partial charge is 0.393 e. The average molecular weight is 211 g/mol. The van der Waals surface area contributed by atoms with Gasteiger partial charge < -0.3 is 10.4 Å². The fraction of sp³-hybridized carbons (Fsp3) is 1.00. The van der Waals surface area contributed by atoms with Crippen molar-refractivity contribution in [1.29, 1.82) is 0 Å². The van der Waals surface area contributed by atoms with E-state index in [1.54, 1.807) is 0 Å². The maximum Gasteiger partial charge on any atom is 0.0580 e. The van der Waals surface area contributed by atoms with E-state index in [1.807, 2.05) is 0 Å². The van der Waals surface area contributed by atoms with E-state index in [9.17, 15) is 5.11 Å². The quantitative estimate of drug-likeness (QED) is 0.731. The highest BCUT2D eigenvalue weighted by Crippen LogP contribution is 2.30. The summed E-state index contributed by atoms with van der Waals surface area (Å²) >= 11 is 0. The number of aliphatic hydroxyl groups excluding tert-OH is 1. The number of nitrogens with one attached hydrogen (secondary N) is 1. The molecule has 2 aliphatic rings. The van der Waals surface area contributed by atoms with Crippen LogP contribution in [-0.2, 0) is 0 Å². The molecule has 3 unspecified atom stereocenters. The van der Waals surface area contributed by atoms with Crippen LogP contribution in [-0.4, -0.2) is 23.8 Å². The maximum absolute atomic E-state index is 9.70. The lowest BCUT2D eigenvalue weighted by Gasteiger charge is -2.29. The second-order valence-electron chi connectivity index (χ2n) is 5.60. The van der Waals surface area contributed by atoms with Gasteiger partial charge in [-0.05, 0) is 38.0 Å². The molecule has 2 nitrogen and oxygen atoms in total. The van der Waals surface area contributed by atoms with Gasteiger partial charge in [0.05, 0.1) is 6.10 Å². The minimum absolute atomic E-state index is 0.0339. The van der Waals surface area contributed by atoms with Crippen LogP contribution in [0.1, 0.15) is 51.9 Å². The van der Waals surface area contributed by atoms with Gasteiger partial charge in [-0.3, -0.25) is 0 Å². The number of hydrogen-bond donors (Lipinski definition) is 2. The van der Waals surface area contributed by atoms with Gasteiger partial charge in [-0.2, -0.15) is 0 Å². The van der Waals surface area contributed by atoms with Crippen molar-refractivity contribution in [3.05, 3.63) is 0 Å². The summed E-state index contributed by atoms with van der Waals surface area (Å²) < 4.78 is 0. The molecule has 0 saturated heterocycles. The molecule has 88 valence electrons. The highest BCUT2D eigenvalue weighted by atomic mass is 16.3. The molecule has 0 radical (unpaired) electrons. The van der Waals surface area contributed by atoms with Crippen LogP contribution in [0.3, 0.4) is 0 Å². The Morgan fingerprint density at radius 2 is 1.93 bits per heavy atom. The van der Waals surface area contributed by atoms with Crippen LogP contribution >= 0.6 is 0 Å². The van der Waals surface area contributed by atoms with E-state index in [-0.39, 0.29) is 6.10 Å². The standard InChI is InChI=1S/C13H25NO/c1-10(8-11-4-2-5-11)14-9-12-6-3-7-13(12)15/h10-15H,2-9H2,1H3. The van der Waals surface area contributed by atoms with Gasteiger partial charge in [0.15, 0.2) is 0 Å². The summed E-state index contributed by atoms with van der Waals surface area (Å²) in [6.45, 7) is 3.31. The monoisotopic (exact) mass is 211 g/mol. The molecule has 0 aromatic carbocycles. The lowest BCUT2D eigenvalue weighted by molar-refractivity contribution is 0.128. The maximum atomic E-state index is 9.70. The van der Waals surface area contributed by atoms with Crippen LogP contribution in [0, 0.1) is 11.8 Å². The van der Waals surface area contributed by atoms with Crippen LogP contribution in [0.5, 0.6) is 0 Å². The molecule has 2 N–H and O–H groups in total. The van der Waals surface area contributed by atoms with Gasteiger partial charge >= 0.3 is 0 Å². The predicted molar refractivity (Wildman–Crippen MR) is 62.8 cm³/mol. The van der Waals surface area contributed by atoms with Crippen molar-refractivity contribution in [1.82, 2.24) is 5.32 Å². The predicted octanol–water partition coefficient (Wildman–Crippen LogP) is 2.32. The Hall–Kier alpha value is -0.0800. The van der Waals surface area contributed by atoms with Crippen molar-refractivity contribution in [2.24, 2.45) is 11.8 Å². The first-order valence-corrected chi connectivity index (χ1v) is 6.67. The zero-order chi connectivity index (χ0) is 10.7. The summed E-state index contributed by atoms with van der Waals surface area (Å²) in [7, 11) is 0. The minimum Gasteiger partial charge on any atom is -0.393 e. The highest BCUT2D eigenvalue weighted by molar-refractivity contribution is 4.80. The Morgan fingerprint density at radius 3 is 2.47 bits per heavy atom. The molecule has 15 heavy (non-hydrogen) atoms. The van der Waals surface area contributed by atoms with Crippen molar-refractivity contribution in [3.8, 4) is 0 Å². The van der Waals surface area contributed by atoms with Crippen LogP contribution in [0.15, 0.2) is 0 Å². The molecule has 0 aliphatic heterocycles. The van der Waals surface area contributed by atoms with E-state index in [1.165, 1.54) is 38.5 Å². The fourth-order valence-electron chi connectivity index (χ4n) is 2.92. The average Bonchev–Trinajstić information content (AvgIpc) is 2.55. The summed E-state index contributed by atoms with van der Waals surface area (Å²) in [5.41, 5.74) is 0. The van der Waals surface area contributed by atoms with Crippen LogP contribution in [0.25, 0.3) is 0 Å². The zero-order valence-electron chi connectivity index (χ0n) is 9.91. The van der Waals surface area contributed by atoms with Crippen molar-refractivity contribution < 1.29 is 5.11 Å². The van der Waals surface area contributed by atoms with Gasteiger partial charge in [0.25, 0.3) is 0 Å². The van der Waals surface area contributed by atoms with E-state index in [4.69, 9.17) is 0 Å². The highest BCUT2D eigenvalue weighted by Gasteiger charge is 2.26. The lowest BCUT2D eigenvalue weighted by Crippen LogP contribution is -2.35. The number of aliphatic hydroxyl groups is 1. The van der Waals surface area contributed by atoms with Gasteiger partial charge in [-0.15, -0.1) is 0 Å². The van der Waals surface area contributed by atoms with Gasteiger partial charge in [0, 0.05) is 12.6 Å². The van der Waals surface area contributed by atoms with E-state index < -0.39 is 0 Å². The molecule has 0 amide bonds. The fourth-order valence-corrected chi connectivity index (χ4v) is 2.92. The first kappa shape index (κ1) is 11.4. The molecule has 0 aromatic heterocycles. The topological polar surface area (TPSA) is 32.3 Å². The summed E-state index contributed by atoms with van der Waals surface area (Å²) in [6.07, 6.45) is 9.07. The normalized spacial score (nSPS) is 34.0. The first-order chi connectivity index (χ1) is 7.25. The Labute approximate surface area is 93.5 Å². The Morgan fingerprint density at radius 1 is 1.20 bits per heavy atom. The van der Waals surface area contributed by atoms with Gasteiger partial charge in [-0.25, -0.2) is 0 Å². The molecule has 0 spiro atoms. The van der Waals surface area contributed by atoms with Crippen LogP contribution in [0.4, 0.5) is 0 Å². The molecule has 0 aromatic rings. The smallest absolute Gasteiger partial charge is 0.0580 e. The molecular formula is C13H25NO. The van der Waals surface area contributed by atoms with Crippen molar-refractivity contribution >= 4 is 0 Å². The molecule has 2 rings (SSSR count). The van der Waals surface area contributed by atoms with Crippen LogP contribution < -0.4 is 5.32 Å².